The Bertz CT molecular complexity index is 672. The third-order valence-corrected chi connectivity index (χ3v) is 3.90. The Morgan fingerprint density at radius 3 is 2.82 bits per heavy atom. The molecule has 3 rings (SSSR count). The molecule has 0 saturated heterocycles. The Labute approximate surface area is 129 Å². The van der Waals surface area contributed by atoms with E-state index in [1.807, 2.05) is 24.3 Å². The maximum atomic E-state index is 13.5. The van der Waals surface area contributed by atoms with Crippen molar-refractivity contribution in [3.05, 3.63) is 65.5 Å². The maximum absolute atomic E-state index is 13.5. The Hall–Kier alpha value is -2.36. The normalized spacial score (nSPS) is 16.5. The van der Waals surface area contributed by atoms with Crippen LogP contribution in [0.15, 0.2) is 48.5 Å². The summed E-state index contributed by atoms with van der Waals surface area (Å²) in [7, 11) is 0. The Morgan fingerprint density at radius 1 is 1.18 bits per heavy atom. The molecule has 0 saturated carbocycles. The van der Waals surface area contributed by atoms with Gasteiger partial charge >= 0.3 is 0 Å². The molecule has 1 amide bonds. The summed E-state index contributed by atoms with van der Waals surface area (Å²) >= 11 is 0. The highest BCUT2D eigenvalue weighted by Gasteiger charge is 2.25. The minimum Gasteiger partial charge on any atom is -0.492 e. The van der Waals surface area contributed by atoms with Crippen molar-refractivity contribution in [1.29, 1.82) is 0 Å². The summed E-state index contributed by atoms with van der Waals surface area (Å²) in [6.07, 6.45) is 1.17. The number of rotatable bonds is 4. The molecule has 0 fully saturated rings. The predicted octanol–water partition coefficient (Wildman–Crippen LogP) is 2.74. The molecular weight excluding hydrogens is 281 g/mol. The highest BCUT2D eigenvalue weighted by atomic mass is 19.1. The lowest BCUT2D eigenvalue weighted by molar-refractivity contribution is -0.126. The molecular formula is C18H18FNO2. The monoisotopic (exact) mass is 299 g/mol. The van der Waals surface area contributed by atoms with E-state index in [0.717, 1.165) is 11.3 Å². The van der Waals surface area contributed by atoms with Gasteiger partial charge in [-0.2, -0.15) is 0 Å². The average Bonchev–Trinajstić information content (AvgIpc) is 2.56. The van der Waals surface area contributed by atoms with E-state index < -0.39 is 0 Å². The number of carbonyl (C=O) groups excluding carboxylic acids is 1. The van der Waals surface area contributed by atoms with Gasteiger partial charge in [0.15, 0.2) is 0 Å². The lowest BCUT2D eigenvalue weighted by atomic mass is 9.96. The second-order valence-electron chi connectivity index (χ2n) is 5.45. The Balaban J connectivity index is 1.52. The summed E-state index contributed by atoms with van der Waals surface area (Å²) < 4.78 is 19.1. The number of hydrogen-bond acceptors (Lipinski definition) is 2. The van der Waals surface area contributed by atoms with Crippen LogP contribution in [0.5, 0.6) is 5.75 Å². The second kappa shape index (κ2) is 6.60. The number of amides is 1. The molecule has 3 nitrogen and oxygen atoms in total. The third kappa shape index (κ3) is 3.27. The number of carbonyl (C=O) groups is 1. The summed E-state index contributed by atoms with van der Waals surface area (Å²) in [5, 5.41) is 2.87. The molecule has 1 N–H and O–H groups in total. The number of hydrogen-bond donors (Lipinski definition) is 1. The molecule has 1 heterocycles. The lowest BCUT2D eigenvalue weighted by Gasteiger charge is -2.24. The molecule has 0 radical (unpaired) electrons. The van der Waals surface area contributed by atoms with Crippen LogP contribution in [-0.2, 0) is 17.6 Å². The van der Waals surface area contributed by atoms with Crippen LogP contribution in [0.25, 0.3) is 0 Å². The van der Waals surface area contributed by atoms with Crippen LogP contribution < -0.4 is 10.1 Å². The molecule has 2 aromatic rings. The summed E-state index contributed by atoms with van der Waals surface area (Å²) in [4.78, 5) is 12.2. The van der Waals surface area contributed by atoms with Gasteiger partial charge in [0.25, 0.3) is 0 Å². The standard InChI is InChI=1S/C18H18FNO2/c19-16-7-3-1-5-13(16)9-10-20-18(21)15-11-14-6-2-4-8-17(14)22-12-15/h1-8,15H,9-12H2,(H,20,21). The summed E-state index contributed by atoms with van der Waals surface area (Å²) in [5.41, 5.74) is 1.68. The average molecular weight is 299 g/mol. The largest absolute Gasteiger partial charge is 0.492 e. The van der Waals surface area contributed by atoms with E-state index in [-0.39, 0.29) is 17.6 Å². The van der Waals surface area contributed by atoms with Crippen molar-refractivity contribution in [1.82, 2.24) is 5.32 Å². The smallest absolute Gasteiger partial charge is 0.226 e. The van der Waals surface area contributed by atoms with Crippen LogP contribution in [-0.4, -0.2) is 19.1 Å². The first-order valence-corrected chi connectivity index (χ1v) is 7.46. The first-order valence-electron chi connectivity index (χ1n) is 7.46. The van der Waals surface area contributed by atoms with Crippen LogP contribution in [0.4, 0.5) is 4.39 Å². The minimum absolute atomic E-state index is 0.0363. The highest BCUT2D eigenvalue weighted by molar-refractivity contribution is 5.79. The van der Waals surface area contributed by atoms with E-state index >= 15 is 0 Å². The zero-order valence-electron chi connectivity index (χ0n) is 12.2. The van der Waals surface area contributed by atoms with Gasteiger partial charge in [0.2, 0.25) is 5.91 Å². The van der Waals surface area contributed by atoms with Gasteiger partial charge in [-0.25, -0.2) is 4.39 Å². The number of nitrogens with one attached hydrogen (secondary N) is 1. The molecule has 22 heavy (non-hydrogen) atoms. The van der Waals surface area contributed by atoms with E-state index in [0.29, 0.717) is 31.6 Å². The zero-order chi connectivity index (χ0) is 15.4. The predicted molar refractivity (Wildman–Crippen MR) is 82.2 cm³/mol. The molecule has 0 spiro atoms. The van der Waals surface area contributed by atoms with Gasteiger partial charge in [-0.05, 0) is 36.1 Å². The molecule has 0 aromatic heterocycles. The van der Waals surface area contributed by atoms with E-state index in [1.54, 1.807) is 18.2 Å². The van der Waals surface area contributed by atoms with Gasteiger partial charge in [-0.15, -0.1) is 0 Å². The summed E-state index contributed by atoms with van der Waals surface area (Å²) in [6.45, 7) is 0.820. The molecule has 0 aliphatic carbocycles. The Morgan fingerprint density at radius 2 is 1.95 bits per heavy atom. The van der Waals surface area contributed by atoms with Crippen molar-refractivity contribution in [2.45, 2.75) is 12.8 Å². The molecule has 1 aliphatic heterocycles. The topological polar surface area (TPSA) is 38.3 Å². The highest BCUT2D eigenvalue weighted by Crippen LogP contribution is 2.26. The first-order chi connectivity index (χ1) is 10.7. The van der Waals surface area contributed by atoms with Crippen molar-refractivity contribution < 1.29 is 13.9 Å². The fourth-order valence-electron chi connectivity index (χ4n) is 2.66. The molecule has 2 aromatic carbocycles. The van der Waals surface area contributed by atoms with E-state index in [4.69, 9.17) is 4.74 Å². The van der Waals surface area contributed by atoms with Crippen LogP contribution in [0, 0.1) is 11.7 Å². The van der Waals surface area contributed by atoms with Crippen molar-refractivity contribution in [2.75, 3.05) is 13.2 Å². The third-order valence-electron chi connectivity index (χ3n) is 3.90. The second-order valence-corrected chi connectivity index (χ2v) is 5.45. The van der Waals surface area contributed by atoms with E-state index in [1.165, 1.54) is 6.07 Å². The van der Waals surface area contributed by atoms with Crippen molar-refractivity contribution in [3.8, 4) is 5.75 Å². The number of halogens is 1. The molecule has 1 aliphatic rings. The zero-order valence-corrected chi connectivity index (χ0v) is 12.2. The number of benzene rings is 2. The molecule has 0 bridgehead atoms. The SMILES string of the molecule is O=C(NCCc1ccccc1F)C1COc2ccccc2C1. The van der Waals surface area contributed by atoms with Crippen molar-refractivity contribution >= 4 is 5.91 Å². The van der Waals surface area contributed by atoms with Gasteiger partial charge < -0.3 is 10.1 Å². The summed E-state index contributed by atoms with van der Waals surface area (Å²) in [5.74, 6) is 0.408. The minimum atomic E-state index is -0.230. The van der Waals surface area contributed by atoms with Crippen molar-refractivity contribution in [2.24, 2.45) is 5.92 Å². The molecule has 1 atom stereocenters. The van der Waals surface area contributed by atoms with Crippen LogP contribution in [0.3, 0.4) is 0 Å². The van der Waals surface area contributed by atoms with Crippen LogP contribution >= 0.6 is 0 Å². The van der Waals surface area contributed by atoms with Gasteiger partial charge in [-0.3, -0.25) is 4.79 Å². The van der Waals surface area contributed by atoms with Gasteiger partial charge in [-0.1, -0.05) is 36.4 Å². The van der Waals surface area contributed by atoms with Crippen molar-refractivity contribution in [3.63, 3.8) is 0 Å². The van der Waals surface area contributed by atoms with Gasteiger partial charge in [0.05, 0.1) is 5.92 Å². The van der Waals surface area contributed by atoms with Gasteiger partial charge in [0.1, 0.15) is 18.2 Å². The molecule has 114 valence electrons. The lowest BCUT2D eigenvalue weighted by Crippen LogP contribution is -2.38. The number of para-hydroxylation sites is 1. The number of fused-ring (bicyclic) bond motifs is 1. The summed E-state index contributed by atoms with van der Waals surface area (Å²) in [6, 6.07) is 14.4. The fraction of sp³-hybridized carbons (Fsp3) is 0.278. The molecule has 4 heteroatoms. The Kier molecular flexibility index (Phi) is 4.37. The van der Waals surface area contributed by atoms with E-state index in [2.05, 4.69) is 5.32 Å². The quantitative estimate of drug-likeness (QED) is 0.942. The first kappa shape index (κ1) is 14.6. The fourth-order valence-corrected chi connectivity index (χ4v) is 2.66. The van der Waals surface area contributed by atoms with Crippen LogP contribution in [0.2, 0.25) is 0 Å². The number of ether oxygens (including phenoxy) is 1. The van der Waals surface area contributed by atoms with Gasteiger partial charge in [0, 0.05) is 6.54 Å². The molecule has 1 unspecified atom stereocenters. The maximum Gasteiger partial charge on any atom is 0.226 e. The van der Waals surface area contributed by atoms with E-state index in [9.17, 15) is 9.18 Å². The van der Waals surface area contributed by atoms with Crippen LogP contribution in [0.1, 0.15) is 11.1 Å².